The van der Waals surface area contributed by atoms with Crippen molar-refractivity contribution in [3.05, 3.63) is 18.2 Å². The summed E-state index contributed by atoms with van der Waals surface area (Å²) in [6.45, 7) is 0. The zero-order chi connectivity index (χ0) is 11.9. The molecule has 0 heterocycles. The van der Waals surface area contributed by atoms with Crippen LogP contribution in [-0.4, -0.2) is 25.9 Å². The van der Waals surface area contributed by atoms with Gasteiger partial charge in [-0.05, 0) is 18.2 Å². The van der Waals surface area contributed by atoms with Crippen LogP contribution in [0.15, 0.2) is 28.0 Å². The van der Waals surface area contributed by atoms with Crippen molar-refractivity contribution < 1.29 is 85.1 Å². The standard InChI is InChI=1S/C6H7NO6S2.2Na/c7-5-3-4(14(8,9)10)1-2-6(5)15(11,12)13;;/h1-3H,7H2,(H,8,9,10)(H,11,12,13);;/q;2*+1/p-2. The maximum atomic E-state index is 10.6. The quantitative estimate of drug-likeness (QED) is 0.325. The van der Waals surface area contributed by atoms with Crippen LogP contribution in [0.5, 0.6) is 0 Å². The summed E-state index contributed by atoms with van der Waals surface area (Å²) in [5, 5.41) is 0. The molecule has 84 valence electrons. The SMILES string of the molecule is Nc1cc(S(=O)(=O)[O-])ccc1S(=O)(=O)[O-].[Na+].[Na+]. The number of nitrogens with two attached hydrogens (primary N) is 1. The average molecular weight is 297 g/mol. The summed E-state index contributed by atoms with van der Waals surface area (Å²) in [5.74, 6) is 0. The van der Waals surface area contributed by atoms with Crippen LogP contribution >= 0.6 is 0 Å². The van der Waals surface area contributed by atoms with E-state index in [-0.39, 0.29) is 59.1 Å². The summed E-state index contributed by atoms with van der Waals surface area (Å²) in [6.07, 6.45) is 0. The molecule has 0 spiro atoms. The van der Waals surface area contributed by atoms with Crippen molar-refractivity contribution in [2.45, 2.75) is 9.79 Å². The van der Waals surface area contributed by atoms with Gasteiger partial charge >= 0.3 is 59.1 Å². The van der Waals surface area contributed by atoms with Crippen molar-refractivity contribution in [1.82, 2.24) is 0 Å². The van der Waals surface area contributed by atoms with E-state index in [4.69, 9.17) is 5.73 Å². The van der Waals surface area contributed by atoms with Crippen LogP contribution in [0, 0.1) is 0 Å². The van der Waals surface area contributed by atoms with E-state index in [2.05, 4.69) is 0 Å². The Morgan fingerprint density at radius 2 is 1.41 bits per heavy atom. The van der Waals surface area contributed by atoms with Crippen LogP contribution in [0.3, 0.4) is 0 Å². The third-order valence-electron chi connectivity index (χ3n) is 1.54. The van der Waals surface area contributed by atoms with Gasteiger partial charge in [0.15, 0.2) is 0 Å². The van der Waals surface area contributed by atoms with Gasteiger partial charge in [0.1, 0.15) is 20.2 Å². The van der Waals surface area contributed by atoms with Gasteiger partial charge in [-0.1, -0.05) is 0 Å². The van der Waals surface area contributed by atoms with Crippen LogP contribution in [0.2, 0.25) is 0 Å². The third kappa shape index (κ3) is 5.55. The summed E-state index contributed by atoms with van der Waals surface area (Å²) < 4.78 is 63.2. The molecule has 1 rings (SSSR count). The molecule has 11 heteroatoms. The molecule has 0 amide bonds. The molecule has 0 saturated heterocycles. The van der Waals surface area contributed by atoms with Crippen LogP contribution in [0.4, 0.5) is 5.69 Å². The summed E-state index contributed by atoms with van der Waals surface area (Å²) in [7, 11) is -9.48. The number of hydrogen-bond donors (Lipinski definition) is 1. The van der Waals surface area contributed by atoms with Gasteiger partial charge < -0.3 is 14.8 Å². The largest absolute Gasteiger partial charge is 1.00 e. The Kier molecular flexibility index (Phi) is 8.12. The molecule has 2 N–H and O–H groups in total. The van der Waals surface area contributed by atoms with E-state index in [9.17, 15) is 25.9 Å². The van der Waals surface area contributed by atoms with Crippen LogP contribution < -0.4 is 64.8 Å². The number of rotatable bonds is 2. The molecule has 1 aromatic carbocycles. The van der Waals surface area contributed by atoms with Crippen molar-refractivity contribution in [1.29, 1.82) is 0 Å². The zero-order valence-corrected chi connectivity index (χ0v) is 14.7. The van der Waals surface area contributed by atoms with Gasteiger partial charge in [-0.25, -0.2) is 16.8 Å². The summed E-state index contributed by atoms with van der Waals surface area (Å²) in [6, 6.07) is 2.03. The maximum absolute atomic E-state index is 10.6. The summed E-state index contributed by atoms with van der Waals surface area (Å²) in [4.78, 5) is -1.44. The van der Waals surface area contributed by atoms with Gasteiger partial charge in [0.25, 0.3) is 0 Å². The molecule has 0 atom stereocenters. The minimum atomic E-state index is -4.77. The molecule has 0 bridgehead atoms. The number of benzene rings is 1. The van der Waals surface area contributed by atoms with E-state index in [0.717, 1.165) is 0 Å². The molecule has 7 nitrogen and oxygen atoms in total. The van der Waals surface area contributed by atoms with E-state index in [1.54, 1.807) is 0 Å². The Labute approximate surface area is 143 Å². The molecular formula is C6H5NNa2O6S2. The van der Waals surface area contributed by atoms with Crippen molar-refractivity contribution in [3.8, 4) is 0 Å². The molecule has 1 aromatic rings. The smallest absolute Gasteiger partial charge is 0.744 e. The van der Waals surface area contributed by atoms with E-state index < -0.39 is 35.7 Å². The van der Waals surface area contributed by atoms with Gasteiger partial charge in [0.2, 0.25) is 0 Å². The second kappa shape index (κ2) is 6.85. The van der Waals surface area contributed by atoms with Crippen molar-refractivity contribution >= 4 is 25.9 Å². The predicted octanol–water partition coefficient (Wildman–Crippen LogP) is -6.92. The fourth-order valence-electron chi connectivity index (χ4n) is 0.910. The molecule has 0 aromatic heterocycles. The number of hydrogen-bond acceptors (Lipinski definition) is 7. The number of anilines is 1. The molecule has 0 aliphatic carbocycles. The van der Waals surface area contributed by atoms with Gasteiger partial charge in [-0.3, -0.25) is 0 Å². The van der Waals surface area contributed by atoms with E-state index in [0.29, 0.717) is 18.2 Å². The maximum Gasteiger partial charge on any atom is 1.00 e. The number of nitrogen functional groups attached to an aromatic ring is 1. The Morgan fingerprint density at radius 3 is 1.71 bits per heavy atom. The first-order valence-electron chi connectivity index (χ1n) is 3.43. The molecule has 0 aliphatic rings. The first-order valence-corrected chi connectivity index (χ1v) is 6.25. The van der Waals surface area contributed by atoms with Crippen molar-refractivity contribution in [3.63, 3.8) is 0 Å². The zero-order valence-electron chi connectivity index (χ0n) is 9.08. The molecule has 0 radical (unpaired) electrons. The first kappa shape index (κ1) is 20.2. The molecule has 0 unspecified atom stereocenters. The Balaban J connectivity index is 0. The van der Waals surface area contributed by atoms with Gasteiger partial charge in [-0.15, -0.1) is 0 Å². The van der Waals surface area contributed by atoms with Crippen LogP contribution in [0.25, 0.3) is 0 Å². The Bertz CT molecular complexity index is 597. The molecule has 0 aliphatic heterocycles. The molecular weight excluding hydrogens is 292 g/mol. The second-order valence-electron chi connectivity index (χ2n) is 2.61. The van der Waals surface area contributed by atoms with E-state index in [1.807, 2.05) is 0 Å². The fourth-order valence-corrected chi connectivity index (χ4v) is 2.00. The monoisotopic (exact) mass is 297 g/mol. The summed E-state index contributed by atoms with van der Waals surface area (Å²) >= 11 is 0. The summed E-state index contributed by atoms with van der Waals surface area (Å²) in [5.41, 5.74) is 4.55. The van der Waals surface area contributed by atoms with E-state index in [1.165, 1.54) is 0 Å². The van der Waals surface area contributed by atoms with Crippen LogP contribution in [-0.2, 0) is 20.2 Å². The van der Waals surface area contributed by atoms with Crippen molar-refractivity contribution in [2.24, 2.45) is 0 Å². The van der Waals surface area contributed by atoms with Crippen LogP contribution in [0.1, 0.15) is 0 Å². The average Bonchev–Trinajstić information content (AvgIpc) is 1.99. The third-order valence-corrected chi connectivity index (χ3v) is 3.28. The second-order valence-corrected chi connectivity index (χ2v) is 5.34. The van der Waals surface area contributed by atoms with E-state index >= 15 is 0 Å². The van der Waals surface area contributed by atoms with Crippen molar-refractivity contribution in [2.75, 3.05) is 5.73 Å². The van der Waals surface area contributed by atoms with Gasteiger partial charge in [0.05, 0.1) is 15.5 Å². The topological polar surface area (TPSA) is 140 Å². The first-order chi connectivity index (χ1) is 6.62. The fraction of sp³-hybridized carbons (Fsp3) is 0. The molecule has 0 fully saturated rings. The minimum absolute atomic E-state index is 0. The molecule has 17 heavy (non-hydrogen) atoms. The van der Waals surface area contributed by atoms with Gasteiger partial charge in [0, 0.05) is 0 Å². The Morgan fingerprint density at radius 1 is 0.941 bits per heavy atom. The van der Waals surface area contributed by atoms with Gasteiger partial charge in [-0.2, -0.15) is 0 Å². The normalized spacial score (nSPS) is 11.2. The Hall–Kier alpha value is 0.840. The molecule has 0 saturated carbocycles. The predicted molar refractivity (Wildman–Crippen MR) is 46.8 cm³/mol. The minimum Gasteiger partial charge on any atom is -0.744 e.